The van der Waals surface area contributed by atoms with Crippen molar-refractivity contribution in [2.75, 3.05) is 0 Å². The van der Waals surface area contributed by atoms with Crippen LogP contribution in [0.4, 0.5) is 4.39 Å². The average molecular weight is 233 g/mol. The Hall–Kier alpha value is -1.61. The minimum atomic E-state index is -0.196. The molecule has 0 aliphatic heterocycles. The van der Waals surface area contributed by atoms with Gasteiger partial charge in [0.1, 0.15) is 11.6 Å². The highest BCUT2D eigenvalue weighted by atomic mass is 19.1. The summed E-state index contributed by atoms with van der Waals surface area (Å²) in [6, 6.07) is 8.75. The standard InChI is InChI=1S/C14H16FNO/c1-10-5-6-13(15)8-12(10)9-16-11(2)14-4-3-7-17-14/h3-8,11,16H,9H2,1-2H3/t11-/m1/s1. The van der Waals surface area contributed by atoms with Crippen molar-refractivity contribution in [3.05, 3.63) is 59.3 Å². The third kappa shape index (κ3) is 2.94. The van der Waals surface area contributed by atoms with Crippen LogP contribution < -0.4 is 5.32 Å². The molecular formula is C14H16FNO. The maximum absolute atomic E-state index is 13.1. The van der Waals surface area contributed by atoms with Gasteiger partial charge in [0.05, 0.1) is 12.3 Å². The smallest absolute Gasteiger partial charge is 0.123 e. The predicted octanol–water partition coefficient (Wildman–Crippen LogP) is 3.58. The quantitative estimate of drug-likeness (QED) is 0.873. The number of hydrogen-bond donors (Lipinski definition) is 1. The lowest BCUT2D eigenvalue weighted by Gasteiger charge is -2.12. The maximum Gasteiger partial charge on any atom is 0.123 e. The summed E-state index contributed by atoms with van der Waals surface area (Å²) in [5, 5.41) is 3.31. The zero-order valence-electron chi connectivity index (χ0n) is 10.0. The van der Waals surface area contributed by atoms with Crippen molar-refractivity contribution >= 4 is 0 Å². The van der Waals surface area contributed by atoms with Crippen molar-refractivity contribution in [3.63, 3.8) is 0 Å². The molecule has 90 valence electrons. The fraction of sp³-hybridized carbons (Fsp3) is 0.286. The molecule has 1 atom stereocenters. The molecule has 0 aliphatic carbocycles. The van der Waals surface area contributed by atoms with E-state index in [1.165, 1.54) is 6.07 Å². The topological polar surface area (TPSA) is 25.2 Å². The number of rotatable bonds is 4. The summed E-state index contributed by atoms with van der Waals surface area (Å²) in [7, 11) is 0. The molecule has 0 amide bonds. The van der Waals surface area contributed by atoms with Gasteiger partial charge in [-0.25, -0.2) is 4.39 Å². The molecule has 3 heteroatoms. The largest absolute Gasteiger partial charge is 0.468 e. The van der Waals surface area contributed by atoms with Gasteiger partial charge in [-0.15, -0.1) is 0 Å². The summed E-state index contributed by atoms with van der Waals surface area (Å²) < 4.78 is 18.4. The number of furan rings is 1. The Morgan fingerprint density at radius 3 is 2.88 bits per heavy atom. The van der Waals surface area contributed by atoms with E-state index in [9.17, 15) is 4.39 Å². The fourth-order valence-electron chi connectivity index (χ4n) is 1.73. The lowest BCUT2D eigenvalue weighted by Crippen LogP contribution is -2.18. The highest BCUT2D eigenvalue weighted by Gasteiger charge is 2.08. The number of nitrogens with one attached hydrogen (secondary N) is 1. The zero-order valence-corrected chi connectivity index (χ0v) is 10.0. The summed E-state index contributed by atoms with van der Waals surface area (Å²) in [6.07, 6.45) is 1.65. The van der Waals surface area contributed by atoms with Crippen LogP contribution in [-0.4, -0.2) is 0 Å². The summed E-state index contributed by atoms with van der Waals surface area (Å²) in [4.78, 5) is 0. The van der Waals surface area contributed by atoms with Gasteiger partial charge in [0.15, 0.2) is 0 Å². The Kier molecular flexibility index (Phi) is 3.59. The van der Waals surface area contributed by atoms with Crippen molar-refractivity contribution in [1.29, 1.82) is 0 Å². The molecule has 0 saturated heterocycles. The van der Waals surface area contributed by atoms with Crippen molar-refractivity contribution in [3.8, 4) is 0 Å². The van der Waals surface area contributed by atoms with Gasteiger partial charge >= 0.3 is 0 Å². The molecule has 1 aromatic carbocycles. The van der Waals surface area contributed by atoms with E-state index in [2.05, 4.69) is 5.32 Å². The molecule has 0 unspecified atom stereocenters. The molecule has 0 radical (unpaired) electrons. The van der Waals surface area contributed by atoms with Crippen LogP contribution in [0.1, 0.15) is 29.9 Å². The molecule has 1 heterocycles. The first-order valence-corrected chi connectivity index (χ1v) is 5.68. The summed E-state index contributed by atoms with van der Waals surface area (Å²) in [5.41, 5.74) is 2.06. The van der Waals surface area contributed by atoms with E-state index >= 15 is 0 Å². The molecule has 17 heavy (non-hydrogen) atoms. The van der Waals surface area contributed by atoms with Crippen molar-refractivity contribution in [1.82, 2.24) is 5.32 Å². The van der Waals surface area contributed by atoms with Gasteiger partial charge in [0, 0.05) is 6.54 Å². The van der Waals surface area contributed by atoms with Gasteiger partial charge in [-0.1, -0.05) is 6.07 Å². The molecule has 0 spiro atoms. The maximum atomic E-state index is 13.1. The second-order valence-electron chi connectivity index (χ2n) is 4.19. The SMILES string of the molecule is Cc1ccc(F)cc1CN[C@H](C)c1ccco1. The molecule has 0 saturated carbocycles. The lowest BCUT2D eigenvalue weighted by atomic mass is 10.1. The van der Waals surface area contributed by atoms with E-state index < -0.39 is 0 Å². The van der Waals surface area contributed by atoms with Crippen LogP contribution in [0.2, 0.25) is 0 Å². The lowest BCUT2D eigenvalue weighted by molar-refractivity contribution is 0.429. The van der Waals surface area contributed by atoms with Crippen molar-refractivity contribution in [2.24, 2.45) is 0 Å². The predicted molar refractivity (Wildman–Crippen MR) is 65.1 cm³/mol. The minimum absolute atomic E-state index is 0.118. The summed E-state index contributed by atoms with van der Waals surface area (Å²) in [5.74, 6) is 0.692. The van der Waals surface area contributed by atoms with Gasteiger partial charge in [-0.3, -0.25) is 0 Å². The van der Waals surface area contributed by atoms with Crippen LogP contribution in [0, 0.1) is 12.7 Å². The number of hydrogen-bond acceptors (Lipinski definition) is 2. The van der Waals surface area contributed by atoms with Gasteiger partial charge in [0.25, 0.3) is 0 Å². The molecule has 2 aromatic rings. The Labute approximate surface area is 100 Å². The van der Waals surface area contributed by atoms with E-state index in [-0.39, 0.29) is 11.9 Å². The number of halogens is 1. The third-order valence-corrected chi connectivity index (χ3v) is 2.88. The normalized spacial score (nSPS) is 12.6. The molecule has 1 aromatic heterocycles. The van der Waals surface area contributed by atoms with Gasteiger partial charge in [0.2, 0.25) is 0 Å². The van der Waals surface area contributed by atoms with Crippen LogP contribution >= 0.6 is 0 Å². The molecule has 0 bridgehead atoms. The third-order valence-electron chi connectivity index (χ3n) is 2.88. The number of aryl methyl sites for hydroxylation is 1. The second-order valence-corrected chi connectivity index (χ2v) is 4.19. The Balaban J connectivity index is 2.00. The summed E-state index contributed by atoms with van der Waals surface area (Å²) in [6.45, 7) is 4.63. The monoisotopic (exact) mass is 233 g/mol. The first-order chi connectivity index (χ1) is 8.16. The fourth-order valence-corrected chi connectivity index (χ4v) is 1.73. The van der Waals surface area contributed by atoms with Crippen LogP contribution in [0.3, 0.4) is 0 Å². The van der Waals surface area contributed by atoms with E-state index in [1.807, 2.05) is 26.0 Å². The van der Waals surface area contributed by atoms with E-state index in [1.54, 1.807) is 18.4 Å². The van der Waals surface area contributed by atoms with Gasteiger partial charge < -0.3 is 9.73 Å². The van der Waals surface area contributed by atoms with Crippen LogP contribution in [-0.2, 0) is 6.54 Å². The average Bonchev–Trinajstić information content (AvgIpc) is 2.83. The first kappa shape index (κ1) is 11.9. The second kappa shape index (κ2) is 5.15. The Morgan fingerprint density at radius 1 is 1.35 bits per heavy atom. The summed E-state index contributed by atoms with van der Waals surface area (Å²) >= 11 is 0. The van der Waals surface area contributed by atoms with Crippen molar-refractivity contribution < 1.29 is 8.81 Å². The molecule has 1 N–H and O–H groups in total. The van der Waals surface area contributed by atoms with Gasteiger partial charge in [-0.05, 0) is 49.2 Å². The van der Waals surface area contributed by atoms with Crippen LogP contribution in [0.5, 0.6) is 0 Å². The molecule has 0 fully saturated rings. The van der Waals surface area contributed by atoms with E-state index in [0.29, 0.717) is 6.54 Å². The molecule has 2 rings (SSSR count). The van der Waals surface area contributed by atoms with Crippen LogP contribution in [0.25, 0.3) is 0 Å². The molecular weight excluding hydrogens is 217 g/mol. The number of benzene rings is 1. The minimum Gasteiger partial charge on any atom is -0.468 e. The molecule has 0 aliphatic rings. The van der Waals surface area contributed by atoms with Crippen LogP contribution in [0.15, 0.2) is 41.0 Å². The molecule has 2 nitrogen and oxygen atoms in total. The highest BCUT2D eigenvalue weighted by molar-refractivity contribution is 5.26. The van der Waals surface area contributed by atoms with Crippen molar-refractivity contribution in [2.45, 2.75) is 26.4 Å². The van der Waals surface area contributed by atoms with Gasteiger partial charge in [-0.2, -0.15) is 0 Å². The van der Waals surface area contributed by atoms with E-state index in [0.717, 1.165) is 16.9 Å². The van der Waals surface area contributed by atoms with E-state index in [4.69, 9.17) is 4.42 Å². The zero-order chi connectivity index (χ0) is 12.3. The highest BCUT2D eigenvalue weighted by Crippen LogP contribution is 2.15. The first-order valence-electron chi connectivity index (χ1n) is 5.68. The Bertz CT molecular complexity index is 479. The Morgan fingerprint density at radius 2 is 2.18 bits per heavy atom.